The third-order valence-corrected chi connectivity index (χ3v) is 6.87. The van der Waals surface area contributed by atoms with Gasteiger partial charge in [0.25, 0.3) is 0 Å². The van der Waals surface area contributed by atoms with Gasteiger partial charge in [0.1, 0.15) is 23.6 Å². The summed E-state index contributed by atoms with van der Waals surface area (Å²) in [6, 6.07) is 14.4. The quantitative estimate of drug-likeness (QED) is 0.191. The molecule has 13 heteroatoms. The molecule has 42 heavy (non-hydrogen) atoms. The molecule has 1 amide bonds. The lowest BCUT2D eigenvalue weighted by Gasteiger charge is -2.22. The number of halogens is 1. The minimum Gasteiger partial charge on any atom is -0.489 e. The first kappa shape index (κ1) is 26.6. The van der Waals surface area contributed by atoms with Crippen molar-refractivity contribution in [1.29, 1.82) is 0 Å². The third-order valence-electron chi connectivity index (χ3n) is 6.87. The number of para-hydroxylation sites is 1. The number of aryl methyl sites for hydroxylation is 1. The van der Waals surface area contributed by atoms with E-state index in [1.165, 1.54) is 38.6 Å². The van der Waals surface area contributed by atoms with Gasteiger partial charge >= 0.3 is 5.69 Å². The number of rotatable bonds is 7. The van der Waals surface area contributed by atoms with E-state index in [4.69, 9.17) is 9.47 Å². The molecule has 1 aliphatic heterocycles. The molecule has 0 fully saturated rings. The highest BCUT2D eigenvalue weighted by atomic mass is 19.1. The predicted molar refractivity (Wildman–Crippen MR) is 153 cm³/mol. The van der Waals surface area contributed by atoms with E-state index in [2.05, 4.69) is 20.3 Å². The Labute approximate surface area is 238 Å². The van der Waals surface area contributed by atoms with Gasteiger partial charge in [0.2, 0.25) is 17.5 Å². The molecule has 4 heterocycles. The number of nitrogens with one attached hydrogen (secondary N) is 1. The van der Waals surface area contributed by atoms with E-state index in [0.29, 0.717) is 46.8 Å². The van der Waals surface area contributed by atoms with Crippen LogP contribution in [0.3, 0.4) is 0 Å². The van der Waals surface area contributed by atoms with Gasteiger partial charge in [-0.2, -0.15) is 0 Å². The molecule has 6 rings (SSSR count). The number of anilines is 3. The number of pyridine rings is 1. The van der Waals surface area contributed by atoms with Crippen molar-refractivity contribution in [2.45, 2.75) is 20.4 Å². The third kappa shape index (κ3) is 4.50. The summed E-state index contributed by atoms with van der Waals surface area (Å²) in [5.41, 5.74) is 2.47. The molecule has 0 saturated heterocycles. The van der Waals surface area contributed by atoms with Crippen LogP contribution in [-0.2, 0) is 11.3 Å². The van der Waals surface area contributed by atoms with Crippen molar-refractivity contribution >= 4 is 40.0 Å². The van der Waals surface area contributed by atoms with Gasteiger partial charge in [-0.1, -0.05) is 18.2 Å². The smallest absolute Gasteiger partial charge is 0.313 e. The highest BCUT2D eigenvalue weighted by Gasteiger charge is 2.34. The van der Waals surface area contributed by atoms with Gasteiger partial charge < -0.3 is 24.3 Å². The summed E-state index contributed by atoms with van der Waals surface area (Å²) < 4.78 is 28.7. The van der Waals surface area contributed by atoms with E-state index in [-0.39, 0.29) is 34.8 Å². The Hall–Kier alpha value is -5.59. The number of ether oxygens (including phenoxy) is 2. The second-order valence-corrected chi connectivity index (χ2v) is 9.56. The van der Waals surface area contributed by atoms with E-state index in [9.17, 15) is 14.9 Å². The average Bonchev–Trinajstić information content (AvgIpc) is 3.52. The van der Waals surface area contributed by atoms with Gasteiger partial charge in [-0.3, -0.25) is 14.9 Å². The van der Waals surface area contributed by atoms with E-state index < -0.39 is 10.7 Å². The lowest BCUT2D eigenvalue weighted by atomic mass is 10.0. The fourth-order valence-corrected chi connectivity index (χ4v) is 5.23. The molecule has 2 aromatic carbocycles. The van der Waals surface area contributed by atoms with Crippen molar-refractivity contribution in [3.63, 3.8) is 0 Å². The molecule has 0 aliphatic carbocycles. The Balaban J connectivity index is 1.57. The summed E-state index contributed by atoms with van der Waals surface area (Å²) in [6.45, 7) is 4.06. The molecule has 3 aromatic heterocycles. The van der Waals surface area contributed by atoms with Crippen molar-refractivity contribution in [2.75, 3.05) is 23.9 Å². The zero-order chi connectivity index (χ0) is 29.5. The molecule has 1 aliphatic rings. The largest absolute Gasteiger partial charge is 0.489 e. The van der Waals surface area contributed by atoms with Gasteiger partial charge in [0, 0.05) is 43.4 Å². The molecule has 0 atom stereocenters. The first-order valence-corrected chi connectivity index (χ1v) is 12.9. The Morgan fingerprint density at radius 2 is 1.93 bits per heavy atom. The van der Waals surface area contributed by atoms with Crippen LogP contribution >= 0.6 is 0 Å². The van der Waals surface area contributed by atoms with Crippen LogP contribution < -0.4 is 19.7 Å². The summed E-state index contributed by atoms with van der Waals surface area (Å²) in [7, 11) is 1.37. The number of nitro groups is 1. The number of aromatic nitrogens is 4. The molecule has 0 saturated carbocycles. The van der Waals surface area contributed by atoms with Gasteiger partial charge in [0.15, 0.2) is 11.6 Å². The number of benzene rings is 2. The van der Waals surface area contributed by atoms with Gasteiger partial charge in [0.05, 0.1) is 23.1 Å². The average molecular weight is 570 g/mol. The van der Waals surface area contributed by atoms with Crippen molar-refractivity contribution in [1.82, 2.24) is 19.5 Å². The Morgan fingerprint density at radius 1 is 1.12 bits per heavy atom. The van der Waals surface area contributed by atoms with E-state index in [1.54, 1.807) is 30.3 Å². The van der Waals surface area contributed by atoms with Crippen LogP contribution in [0.5, 0.6) is 17.4 Å². The Kier molecular flexibility index (Phi) is 6.61. The number of methoxy groups -OCH3 is 1. The summed E-state index contributed by atoms with van der Waals surface area (Å²) >= 11 is 0. The van der Waals surface area contributed by atoms with Crippen molar-refractivity contribution in [3.8, 4) is 28.5 Å². The van der Waals surface area contributed by atoms with Crippen molar-refractivity contribution < 1.29 is 23.6 Å². The minimum absolute atomic E-state index is 0.0208. The van der Waals surface area contributed by atoms with E-state index >= 15 is 4.39 Å². The Morgan fingerprint density at radius 3 is 2.64 bits per heavy atom. The van der Waals surface area contributed by atoms with Gasteiger partial charge in [-0.25, -0.2) is 19.3 Å². The number of amides is 1. The van der Waals surface area contributed by atoms with Crippen LogP contribution in [-0.4, -0.2) is 44.0 Å². The molecule has 12 nitrogen and oxygen atoms in total. The number of hydrogen-bond acceptors (Lipinski definition) is 9. The molecule has 0 unspecified atom stereocenters. The predicted octanol–water partition coefficient (Wildman–Crippen LogP) is 5.76. The number of fused-ring (bicyclic) bond motifs is 3. The van der Waals surface area contributed by atoms with Crippen LogP contribution in [0.1, 0.15) is 12.6 Å². The second-order valence-electron chi connectivity index (χ2n) is 9.56. The topological polar surface area (TPSA) is 138 Å². The highest BCUT2D eigenvalue weighted by molar-refractivity contribution is 6.11. The summed E-state index contributed by atoms with van der Waals surface area (Å²) in [4.78, 5) is 38.3. The molecule has 0 radical (unpaired) electrons. The molecule has 1 N–H and O–H groups in total. The molecular formula is C29H24FN7O5. The first-order chi connectivity index (χ1) is 20.3. The van der Waals surface area contributed by atoms with Gasteiger partial charge in [-0.05, 0) is 36.8 Å². The lowest BCUT2D eigenvalue weighted by molar-refractivity contribution is -0.385. The Bertz CT molecular complexity index is 1890. The standard InChI is InChI=1S/C29H24FN7O5/c1-16-6-4-9-23(33-16)42-22-11-10-18(14-19(22)30)24-25-27(34-17(2)38)31-15-32-28(25)36-13-12-35(29(24)36)20-7-5-8-21(37(39)40)26(20)41-3/h4-11,14-15H,12-13H2,1-3H3,(H,31,32,34,38). The maximum atomic E-state index is 15.6. The maximum absolute atomic E-state index is 15.6. The lowest BCUT2D eigenvalue weighted by Crippen LogP contribution is -2.16. The molecule has 0 spiro atoms. The van der Waals surface area contributed by atoms with Crippen LogP contribution in [0.15, 0.2) is 60.9 Å². The molecule has 0 bridgehead atoms. The van der Waals surface area contributed by atoms with Crippen molar-refractivity contribution in [3.05, 3.63) is 82.6 Å². The van der Waals surface area contributed by atoms with E-state index in [1.807, 2.05) is 22.5 Å². The van der Waals surface area contributed by atoms with Crippen LogP contribution in [0.4, 0.5) is 27.4 Å². The molecular weight excluding hydrogens is 545 g/mol. The van der Waals surface area contributed by atoms with Gasteiger partial charge in [-0.15, -0.1) is 0 Å². The summed E-state index contributed by atoms with van der Waals surface area (Å²) in [5, 5.41) is 15.0. The molecule has 212 valence electrons. The normalized spacial score (nSPS) is 12.3. The first-order valence-electron chi connectivity index (χ1n) is 12.9. The van der Waals surface area contributed by atoms with Crippen LogP contribution in [0.25, 0.3) is 22.2 Å². The fourth-order valence-electron chi connectivity index (χ4n) is 5.23. The van der Waals surface area contributed by atoms with Crippen LogP contribution in [0.2, 0.25) is 0 Å². The number of nitrogens with zero attached hydrogens (tertiary/aromatic N) is 6. The number of carbonyl (C=O) groups is 1. The molecule has 5 aromatic rings. The van der Waals surface area contributed by atoms with Crippen molar-refractivity contribution in [2.24, 2.45) is 0 Å². The zero-order valence-electron chi connectivity index (χ0n) is 22.8. The highest BCUT2D eigenvalue weighted by Crippen LogP contribution is 2.50. The number of nitro benzene ring substituents is 1. The zero-order valence-corrected chi connectivity index (χ0v) is 22.8. The van der Waals surface area contributed by atoms with Crippen LogP contribution in [0, 0.1) is 22.9 Å². The minimum atomic E-state index is -0.640. The number of carbonyl (C=O) groups excluding carboxylic acids is 1. The summed E-state index contributed by atoms with van der Waals surface area (Å²) in [6.07, 6.45) is 1.34. The second kappa shape index (κ2) is 10.4. The number of hydrogen-bond donors (Lipinski definition) is 1. The van der Waals surface area contributed by atoms with E-state index in [0.717, 1.165) is 5.69 Å². The maximum Gasteiger partial charge on any atom is 0.313 e. The summed E-state index contributed by atoms with van der Waals surface area (Å²) in [5.74, 6) is 0.171. The fraction of sp³-hybridized carbons (Fsp3) is 0.172. The SMILES string of the molecule is COc1c(N2CCn3c2c(-c2ccc(Oc4cccc(C)n4)c(F)c2)c2c(NC(C)=O)ncnc23)cccc1[N+](=O)[O-]. The monoisotopic (exact) mass is 569 g/mol.